The lowest BCUT2D eigenvalue weighted by molar-refractivity contribution is -0.384. The smallest absolute Gasteiger partial charge is 0.270 e. The predicted octanol–water partition coefficient (Wildman–Crippen LogP) is 3.14. The second kappa shape index (κ2) is 5.29. The quantitative estimate of drug-likeness (QED) is 0.675. The Morgan fingerprint density at radius 1 is 1.44 bits per heavy atom. The van der Waals surface area contributed by atoms with Gasteiger partial charge in [0.1, 0.15) is 6.07 Å². The number of nitro benzene ring substituents is 1. The standard InChI is InChI=1S/C12H9N3O2S/c13-7-9-6-10(15(16)17)3-4-12(9)14-8-11-2-1-5-18-11/h1-6,14H,8H2. The van der Waals surface area contributed by atoms with Gasteiger partial charge >= 0.3 is 0 Å². The van der Waals surface area contributed by atoms with Gasteiger partial charge in [-0.2, -0.15) is 5.26 Å². The van der Waals surface area contributed by atoms with E-state index >= 15 is 0 Å². The van der Waals surface area contributed by atoms with Crippen LogP contribution in [0.4, 0.5) is 11.4 Å². The number of nitrogens with one attached hydrogen (secondary N) is 1. The van der Waals surface area contributed by atoms with Crippen molar-refractivity contribution in [3.05, 3.63) is 56.3 Å². The number of nitro groups is 1. The van der Waals surface area contributed by atoms with E-state index < -0.39 is 4.92 Å². The largest absolute Gasteiger partial charge is 0.379 e. The normalized spacial score (nSPS) is 9.72. The first kappa shape index (κ1) is 12.1. The number of anilines is 1. The number of thiophene rings is 1. The highest BCUT2D eigenvalue weighted by Gasteiger charge is 2.10. The summed E-state index contributed by atoms with van der Waals surface area (Å²) in [7, 11) is 0. The minimum absolute atomic E-state index is 0.0757. The van der Waals surface area contributed by atoms with Crippen LogP contribution >= 0.6 is 11.3 Å². The highest BCUT2D eigenvalue weighted by atomic mass is 32.1. The molecule has 6 heteroatoms. The first-order valence-electron chi connectivity index (χ1n) is 5.15. The van der Waals surface area contributed by atoms with Crippen LogP contribution in [-0.4, -0.2) is 4.92 Å². The van der Waals surface area contributed by atoms with Gasteiger partial charge in [-0.05, 0) is 17.5 Å². The Morgan fingerprint density at radius 2 is 2.28 bits per heavy atom. The van der Waals surface area contributed by atoms with Crippen LogP contribution in [0.15, 0.2) is 35.7 Å². The Morgan fingerprint density at radius 3 is 2.89 bits per heavy atom. The van der Waals surface area contributed by atoms with Gasteiger partial charge in [0.05, 0.1) is 16.2 Å². The van der Waals surface area contributed by atoms with E-state index in [1.165, 1.54) is 12.1 Å². The molecule has 5 nitrogen and oxygen atoms in total. The van der Waals surface area contributed by atoms with Crippen LogP contribution in [0.1, 0.15) is 10.4 Å². The molecule has 0 spiro atoms. The van der Waals surface area contributed by atoms with Crippen molar-refractivity contribution in [2.75, 3.05) is 5.32 Å². The van der Waals surface area contributed by atoms with E-state index in [4.69, 9.17) is 5.26 Å². The highest BCUT2D eigenvalue weighted by Crippen LogP contribution is 2.22. The van der Waals surface area contributed by atoms with Gasteiger partial charge in [0.15, 0.2) is 0 Å². The monoisotopic (exact) mass is 259 g/mol. The van der Waals surface area contributed by atoms with Gasteiger partial charge in [0, 0.05) is 23.6 Å². The molecule has 0 aliphatic heterocycles. The third-order valence-electron chi connectivity index (χ3n) is 2.37. The maximum atomic E-state index is 10.6. The molecule has 0 unspecified atom stereocenters. The molecule has 2 rings (SSSR count). The van der Waals surface area contributed by atoms with E-state index in [2.05, 4.69) is 5.32 Å². The van der Waals surface area contributed by atoms with Crippen molar-refractivity contribution < 1.29 is 4.92 Å². The second-order valence-corrected chi connectivity index (χ2v) is 4.56. The molecule has 1 N–H and O–H groups in total. The molecule has 0 fully saturated rings. The third-order valence-corrected chi connectivity index (χ3v) is 3.24. The van der Waals surface area contributed by atoms with Gasteiger partial charge in [-0.1, -0.05) is 6.07 Å². The Bertz CT molecular complexity index is 602. The molecule has 0 amide bonds. The number of nitrogens with zero attached hydrogens (tertiary/aromatic N) is 2. The minimum Gasteiger partial charge on any atom is -0.379 e. The fraction of sp³-hybridized carbons (Fsp3) is 0.0833. The average Bonchev–Trinajstić information content (AvgIpc) is 2.89. The molecular weight excluding hydrogens is 250 g/mol. The molecule has 90 valence electrons. The second-order valence-electron chi connectivity index (χ2n) is 3.53. The van der Waals surface area contributed by atoms with Gasteiger partial charge in [-0.15, -0.1) is 11.3 Å². The molecule has 0 bridgehead atoms. The summed E-state index contributed by atoms with van der Waals surface area (Å²) in [4.78, 5) is 11.2. The van der Waals surface area contributed by atoms with Crippen LogP contribution in [0.25, 0.3) is 0 Å². The van der Waals surface area contributed by atoms with Crippen molar-refractivity contribution in [3.8, 4) is 6.07 Å². The molecule has 1 heterocycles. The van der Waals surface area contributed by atoms with E-state index in [1.807, 2.05) is 23.6 Å². The van der Waals surface area contributed by atoms with Crippen LogP contribution in [0.2, 0.25) is 0 Å². The molecule has 0 saturated carbocycles. The lowest BCUT2D eigenvalue weighted by Crippen LogP contribution is -2.00. The molecule has 0 atom stereocenters. The fourth-order valence-electron chi connectivity index (χ4n) is 1.49. The first-order valence-corrected chi connectivity index (χ1v) is 6.03. The van der Waals surface area contributed by atoms with E-state index in [1.54, 1.807) is 17.4 Å². The molecule has 18 heavy (non-hydrogen) atoms. The summed E-state index contributed by atoms with van der Waals surface area (Å²) < 4.78 is 0. The van der Waals surface area contributed by atoms with Crippen molar-refractivity contribution in [2.24, 2.45) is 0 Å². The summed E-state index contributed by atoms with van der Waals surface area (Å²) >= 11 is 1.61. The molecule has 0 saturated heterocycles. The van der Waals surface area contributed by atoms with Crippen molar-refractivity contribution >= 4 is 22.7 Å². The van der Waals surface area contributed by atoms with Crippen LogP contribution < -0.4 is 5.32 Å². The molecular formula is C12H9N3O2S. The van der Waals surface area contributed by atoms with Crippen LogP contribution in [0, 0.1) is 21.4 Å². The summed E-state index contributed by atoms with van der Waals surface area (Å²) in [5, 5.41) is 24.6. The zero-order valence-corrected chi connectivity index (χ0v) is 10.1. The zero-order valence-electron chi connectivity index (χ0n) is 9.29. The molecule has 1 aromatic heterocycles. The van der Waals surface area contributed by atoms with Crippen molar-refractivity contribution in [1.82, 2.24) is 0 Å². The molecule has 0 aliphatic rings. The van der Waals surface area contributed by atoms with E-state index in [9.17, 15) is 10.1 Å². The molecule has 1 aromatic carbocycles. The Balaban J connectivity index is 2.18. The maximum Gasteiger partial charge on any atom is 0.270 e. The predicted molar refractivity (Wildman–Crippen MR) is 69.5 cm³/mol. The lowest BCUT2D eigenvalue weighted by Gasteiger charge is -2.06. The van der Waals surface area contributed by atoms with Gasteiger partial charge < -0.3 is 5.32 Å². The van der Waals surface area contributed by atoms with Crippen molar-refractivity contribution in [3.63, 3.8) is 0 Å². The summed E-state index contributed by atoms with van der Waals surface area (Å²) in [5.74, 6) is 0. The highest BCUT2D eigenvalue weighted by molar-refractivity contribution is 7.09. The SMILES string of the molecule is N#Cc1cc([N+](=O)[O-])ccc1NCc1cccs1. The topological polar surface area (TPSA) is 79.0 Å². The van der Waals surface area contributed by atoms with Crippen LogP contribution in [0.3, 0.4) is 0 Å². The minimum atomic E-state index is -0.510. The lowest BCUT2D eigenvalue weighted by atomic mass is 10.1. The van der Waals surface area contributed by atoms with E-state index in [0.717, 1.165) is 4.88 Å². The molecule has 0 radical (unpaired) electrons. The van der Waals surface area contributed by atoms with Gasteiger partial charge in [-0.25, -0.2) is 0 Å². The van der Waals surface area contributed by atoms with Crippen LogP contribution in [0.5, 0.6) is 0 Å². The summed E-state index contributed by atoms with van der Waals surface area (Å²) in [5.41, 5.74) is 0.811. The molecule has 0 aliphatic carbocycles. The Kier molecular flexibility index (Phi) is 3.55. The van der Waals surface area contributed by atoms with Gasteiger partial charge in [0.25, 0.3) is 5.69 Å². The number of benzene rings is 1. The maximum absolute atomic E-state index is 10.6. The Hall–Kier alpha value is -2.39. The average molecular weight is 259 g/mol. The number of rotatable bonds is 4. The first-order chi connectivity index (χ1) is 8.70. The van der Waals surface area contributed by atoms with Crippen molar-refractivity contribution in [2.45, 2.75) is 6.54 Å². The zero-order chi connectivity index (χ0) is 13.0. The fourth-order valence-corrected chi connectivity index (χ4v) is 2.13. The van der Waals surface area contributed by atoms with Crippen molar-refractivity contribution in [1.29, 1.82) is 5.26 Å². The van der Waals surface area contributed by atoms with Gasteiger partial charge in [0.2, 0.25) is 0 Å². The summed E-state index contributed by atoms with van der Waals surface area (Å²) in [6.45, 7) is 0.601. The third kappa shape index (κ3) is 2.64. The molecule has 2 aromatic rings. The number of hydrogen-bond acceptors (Lipinski definition) is 5. The number of hydrogen-bond donors (Lipinski definition) is 1. The van der Waals surface area contributed by atoms with E-state index in [-0.39, 0.29) is 11.3 Å². The van der Waals surface area contributed by atoms with Crippen LogP contribution in [-0.2, 0) is 6.54 Å². The van der Waals surface area contributed by atoms with E-state index in [0.29, 0.717) is 12.2 Å². The van der Waals surface area contributed by atoms with Gasteiger partial charge in [-0.3, -0.25) is 10.1 Å². The number of nitriles is 1. The Labute approximate surface area is 107 Å². The number of non-ortho nitro benzene ring substituents is 1. The summed E-state index contributed by atoms with van der Waals surface area (Å²) in [6, 6.07) is 10.1. The summed E-state index contributed by atoms with van der Waals surface area (Å²) in [6.07, 6.45) is 0.